The van der Waals surface area contributed by atoms with Crippen LogP contribution in [0.15, 0.2) is 35.4 Å². The number of hydrogen-bond acceptors (Lipinski definition) is 6. The Morgan fingerprint density at radius 3 is 2.70 bits per heavy atom. The number of amides is 3. The number of nitrogens with zero attached hydrogens (tertiary/aromatic N) is 4. The van der Waals surface area contributed by atoms with Crippen LogP contribution in [0, 0.1) is 13.8 Å². The summed E-state index contributed by atoms with van der Waals surface area (Å²) in [5, 5.41) is -0.425. The fraction of sp³-hybridized carbons (Fsp3) is 0.333. The van der Waals surface area contributed by atoms with Gasteiger partial charge in [-0.15, -0.1) is 0 Å². The van der Waals surface area contributed by atoms with Crippen molar-refractivity contribution in [1.29, 1.82) is 0 Å². The number of imide groups is 1. The van der Waals surface area contributed by atoms with Gasteiger partial charge in [-0.05, 0) is 55.4 Å². The molecule has 0 unspecified atom stereocenters. The quantitative estimate of drug-likeness (QED) is 0.698. The average Bonchev–Trinajstić information content (AvgIpc) is 3.18. The zero-order chi connectivity index (χ0) is 21.3. The summed E-state index contributed by atoms with van der Waals surface area (Å²) in [6.45, 7) is 5.56. The van der Waals surface area contributed by atoms with Crippen LogP contribution in [-0.4, -0.2) is 69.3 Å². The second-order valence-corrected chi connectivity index (χ2v) is 8.10. The maximum Gasteiger partial charge on any atom is 0.294 e. The van der Waals surface area contributed by atoms with Gasteiger partial charge in [-0.1, -0.05) is 6.07 Å². The molecule has 0 aliphatic carbocycles. The van der Waals surface area contributed by atoms with Crippen molar-refractivity contribution in [2.45, 2.75) is 13.8 Å². The third-order valence-corrected chi connectivity index (χ3v) is 6.07. The second-order valence-electron chi connectivity index (χ2n) is 7.11. The Morgan fingerprint density at radius 2 is 2.00 bits per heavy atom. The number of morpholine rings is 1. The van der Waals surface area contributed by atoms with Crippen molar-refractivity contribution in [3.63, 3.8) is 0 Å². The Labute approximate surface area is 178 Å². The molecule has 2 aromatic heterocycles. The Hall–Kier alpha value is -2.91. The lowest BCUT2D eigenvalue weighted by atomic mass is 10.2. The zero-order valence-corrected chi connectivity index (χ0v) is 17.6. The molecule has 0 spiro atoms. The van der Waals surface area contributed by atoms with Gasteiger partial charge < -0.3 is 14.2 Å². The van der Waals surface area contributed by atoms with Crippen LogP contribution in [0.3, 0.4) is 0 Å². The summed E-state index contributed by atoms with van der Waals surface area (Å²) >= 11 is 0.863. The third kappa shape index (κ3) is 3.90. The first kappa shape index (κ1) is 20.4. The number of hydrogen-bond donors (Lipinski definition) is 0. The van der Waals surface area contributed by atoms with Crippen LogP contribution in [0.2, 0.25) is 0 Å². The van der Waals surface area contributed by atoms with Gasteiger partial charge in [-0.2, -0.15) is 0 Å². The van der Waals surface area contributed by atoms with Crippen LogP contribution in [0.4, 0.5) is 4.79 Å². The molecule has 0 N–H and O–H groups in total. The van der Waals surface area contributed by atoms with E-state index in [1.807, 2.05) is 42.7 Å². The van der Waals surface area contributed by atoms with Crippen molar-refractivity contribution < 1.29 is 19.1 Å². The molecular weight excluding hydrogens is 404 g/mol. The van der Waals surface area contributed by atoms with E-state index in [-0.39, 0.29) is 12.5 Å². The summed E-state index contributed by atoms with van der Waals surface area (Å²) in [4.78, 5) is 45.0. The summed E-state index contributed by atoms with van der Waals surface area (Å²) in [5.41, 5.74) is 2.73. The van der Waals surface area contributed by atoms with Crippen molar-refractivity contribution >= 4 is 34.9 Å². The van der Waals surface area contributed by atoms with Crippen molar-refractivity contribution in [2.75, 3.05) is 32.8 Å². The number of aryl methyl sites for hydroxylation is 1. The lowest BCUT2D eigenvalue weighted by Crippen LogP contribution is -2.46. The van der Waals surface area contributed by atoms with E-state index in [4.69, 9.17) is 4.74 Å². The fourth-order valence-corrected chi connectivity index (χ4v) is 4.43. The molecule has 9 heteroatoms. The van der Waals surface area contributed by atoms with Gasteiger partial charge in [0.25, 0.3) is 11.1 Å². The van der Waals surface area contributed by atoms with Gasteiger partial charge in [0, 0.05) is 30.7 Å². The minimum atomic E-state index is -0.436. The molecule has 156 valence electrons. The van der Waals surface area contributed by atoms with Gasteiger partial charge in [-0.25, -0.2) is 4.98 Å². The Morgan fingerprint density at radius 1 is 1.23 bits per heavy atom. The molecule has 2 saturated heterocycles. The van der Waals surface area contributed by atoms with Crippen LogP contribution in [-0.2, 0) is 14.3 Å². The summed E-state index contributed by atoms with van der Waals surface area (Å²) in [6, 6.07) is 7.64. The van der Waals surface area contributed by atoms with E-state index in [1.165, 1.54) is 0 Å². The number of aromatic nitrogens is 2. The van der Waals surface area contributed by atoms with Gasteiger partial charge in [0.1, 0.15) is 12.4 Å². The Kier molecular flexibility index (Phi) is 5.74. The molecule has 0 aromatic carbocycles. The number of rotatable bonds is 4. The predicted octanol–water partition coefficient (Wildman–Crippen LogP) is 2.38. The summed E-state index contributed by atoms with van der Waals surface area (Å²) in [5.74, 6) is 0.112. The van der Waals surface area contributed by atoms with Crippen LogP contribution in [0.25, 0.3) is 11.9 Å². The fourth-order valence-electron chi connectivity index (χ4n) is 3.60. The maximum absolute atomic E-state index is 12.8. The number of carbonyl (C=O) groups is 3. The van der Waals surface area contributed by atoms with E-state index in [0.29, 0.717) is 31.2 Å². The minimum Gasteiger partial charge on any atom is -0.378 e. The van der Waals surface area contributed by atoms with E-state index < -0.39 is 11.1 Å². The van der Waals surface area contributed by atoms with Crippen molar-refractivity contribution in [3.05, 3.63) is 52.3 Å². The third-order valence-electron chi connectivity index (χ3n) is 5.17. The minimum absolute atomic E-state index is 0.241. The van der Waals surface area contributed by atoms with E-state index >= 15 is 0 Å². The Balaban J connectivity index is 1.54. The van der Waals surface area contributed by atoms with E-state index in [2.05, 4.69) is 4.98 Å². The highest BCUT2D eigenvalue weighted by Crippen LogP contribution is 2.33. The highest BCUT2D eigenvalue weighted by Gasteiger charge is 2.37. The van der Waals surface area contributed by atoms with E-state index in [0.717, 1.165) is 39.4 Å². The van der Waals surface area contributed by atoms with Crippen LogP contribution < -0.4 is 0 Å². The van der Waals surface area contributed by atoms with Gasteiger partial charge >= 0.3 is 0 Å². The predicted molar refractivity (Wildman–Crippen MR) is 113 cm³/mol. The zero-order valence-electron chi connectivity index (χ0n) is 16.8. The number of carbonyl (C=O) groups excluding carboxylic acids is 3. The van der Waals surface area contributed by atoms with E-state index in [9.17, 15) is 14.4 Å². The van der Waals surface area contributed by atoms with Gasteiger partial charge in [0.2, 0.25) is 5.91 Å². The molecule has 0 radical (unpaired) electrons. The second kappa shape index (κ2) is 8.45. The SMILES string of the molecule is Cc1cc(/C=C2/SC(=O)N(CC(=O)N3CCOCC3)C2=O)c(C)n1-c1ccccn1. The van der Waals surface area contributed by atoms with Crippen molar-refractivity contribution in [2.24, 2.45) is 0 Å². The number of thioether (sulfide) groups is 1. The molecule has 30 heavy (non-hydrogen) atoms. The van der Waals surface area contributed by atoms with Crippen LogP contribution in [0.1, 0.15) is 17.0 Å². The molecule has 2 aromatic rings. The Bertz CT molecular complexity index is 1030. The normalized spacial score (nSPS) is 18.5. The van der Waals surface area contributed by atoms with Crippen LogP contribution >= 0.6 is 11.8 Å². The standard InChI is InChI=1S/C21H22N4O4S/c1-14-11-16(15(2)25(14)18-5-3-4-6-22-18)12-17-20(27)24(21(28)30-17)13-19(26)23-7-9-29-10-8-23/h3-6,11-12H,7-10,13H2,1-2H3/b17-12+. The monoisotopic (exact) mass is 426 g/mol. The molecule has 0 saturated carbocycles. The number of ether oxygens (including phenoxy) is 1. The lowest BCUT2D eigenvalue weighted by molar-refractivity contribution is -0.139. The molecule has 2 aliphatic rings. The molecule has 2 fully saturated rings. The molecule has 2 aliphatic heterocycles. The number of pyridine rings is 1. The molecule has 0 bridgehead atoms. The van der Waals surface area contributed by atoms with Crippen molar-refractivity contribution in [1.82, 2.24) is 19.4 Å². The van der Waals surface area contributed by atoms with E-state index in [1.54, 1.807) is 17.2 Å². The molecule has 3 amide bonds. The molecule has 0 atom stereocenters. The first-order valence-corrected chi connectivity index (χ1v) is 10.5. The first-order chi connectivity index (χ1) is 14.5. The summed E-state index contributed by atoms with van der Waals surface area (Å²) in [7, 11) is 0. The largest absolute Gasteiger partial charge is 0.378 e. The highest BCUT2D eigenvalue weighted by molar-refractivity contribution is 8.18. The summed E-state index contributed by atoms with van der Waals surface area (Å²) < 4.78 is 7.24. The van der Waals surface area contributed by atoms with Gasteiger partial charge in [0.15, 0.2) is 0 Å². The van der Waals surface area contributed by atoms with Crippen LogP contribution in [0.5, 0.6) is 0 Å². The average molecular weight is 426 g/mol. The molecule has 4 rings (SSSR count). The lowest BCUT2D eigenvalue weighted by Gasteiger charge is -2.28. The maximum atomic E-state index is 12.8. The first-order valence-electron chi connectivity index (χ1n) is 9.67. The van der Waals surface area contributed by atoms with Gasteiger partial charge in [0.05, 0.1) is 18.1 Å². The molecule has 8 nitrogen and oxygen atoms in total. The highest BCUT2D eigenvalue weighted by atomic mass is 32.2. The molecule has 4 heterocycles. The summed E-state index contributed by atoms with van der Waals surface area (Å²) in [6.07, 6.45) is 3.44. The topological polar surface area (TPSA) is 84.7 Å². The van der Waals surface area contributed by atoms with Crippen molar-refractivity contribution in [3.8, 4) is 5.82 Å². The van der Waals surface area contributed by atoms with Gasteiger partial charge in [-0.3, -0.25) is 19.3 Å². The molecular formula is C21H22N4O4S. The smallest absolute Gasteiger partial charge is 0.294 e.